The Hall–Kier alpha value is -0.0800. The lowest BCUT2D eigenvalue weighted by Crippen LogP contribution is -2.21. The molecule has 0 aromatic heterocycles. The van der Waals surface area contributed by atoms with Gasteiger partial charge in [-0.05, 0) is 38.5 Å². The SMILES string of the molecule is [O]CCCCCOC1CCC1. The largest absolute Gasteiger partial charge is 0.378 e. The Bertz CT molecular complexity index is 89.6. The third-order valence-corrected chi connectivity index (χ3v) is 2.19. The molecule has 0 heterocycles. The maximum Gasteiger partial charge on any atom is 0.0822 e. The Morgan fingerprint density at radius 3 is 2.55 bits per heavy atom. The van der Waals surface area contributed by atoms with Gasteiger partial charge in [-0.2, -0.15) is 0 Å². The van der Waals surface area contributed by atoms with Crippen LogP contribution in [0, 0.1) is 0 Å². The van der Waals surface area contributed by atoms with Crippen LogP contribution in [-0.4, -0.2) is 19.3 Å². The van der Waals surface area contributed by atoms with E-state index in [9.17, 15) is 5.11 Å². The van der Waals surface area contributed by atoms with Crippen molar-refractivity contribution in [1.29, 1.82) is 0 Å². The summed E-state index contributed by atoms with van der Waals surface area (Å²) >= 11 is 0. The minimum Gasteiger partial charge on any atom is -0.378 e. The van der Waals surface area contributed by atoms with Crippen molar-refractivity contribution in [2.45, 2.75) is 44.6 Å². The molecule has 1 fully saturated rings. The first-order valence-corrected chi connectivity index (χ1v) is 4.63. The molecule has 11 heavy (non-hydrogen) atoms. The molecule has 0 bridgehead atoms. The van der Waals surface area contributed by atoms with E-state index in [1.54, 1.807) is 0 Å². The molecule has 0 aromatic rings. The van der Waals surface area contributed by atoms with Crippen molar-refractivity contribution < 1.29 is 9.84 Å². The lowest BCUT2D eigenvalue weighted by atomic mass is 9.96. The molecule has 0 aliphatic heterocycles. The van der Waals surface area contributed by atoms with Crippen LogP contribution >= 0.6 is 0 Å². The van der Waals surface area contributed by atoms with E-state index in [0.717, 1.165) is 25.9 Å². The van der Waals surface area contributed by atoms with Gasteiger partial charge in [-0.25, -0.2) is 5.11 Å². The fourth-order valence-electron chi connectivity index (χ4n) is 1.17. The van der Waals surface area contributed by atoms with E-state index in [4.69, 9.17) is 4.74 Å². The molecular formula is C9H17O2. The van der Waals surface area contributed by atoms with Gasteiger partial charge in [0.15, 0.2) is 0 Å². The molecule has 0 amide bonds. The zero-order chi connectivity index (χ0) is 7.94. The Morgan fingerprint density at radius 2 is 2.00 bits per heavy atom. The highest BCUT2D eigenvalue weighted by molar-refractivity contribution is 4.68. The van der Waals surface area contributed by atoms with Crippen molar-refractivity contribution in [3.8, 4) is 0 Å². The monoisotopic (exact) mass is 157 g/mol. The topological polar surface area (TPSA) is 29.1 Å². The van der Waals surface area contributed by atoms with Crippen molar-refractivity contribution in [3.63, 3.8) is 0 Å². The van der Waals surface area contributed by atoms with E-state index in [1.807, 2.05) is 0 Å². The number of hydrogen-bond donors (Lipinski definition) is 0. The summed E-state index contributed by atoms with van der Waals surface area (Å²) in [6, 6.07) is 0. The molecule has 65 valence electrons. The summed E-state index contributed by atoms with van der Waals surface area (Å²) in [6.07, 6.45) is 7.32. The number of hydrogen-bond acceptors (Lipinski definition) is 1. The van der Waals surface area contributed by atoms with Crippen LogP contribution in [0.1, 0.15) is 38.5 Å². The molecule has 1 aliphatic carbocycles. The molecule has 0 saturated heterocycles. The molecule has 0 atom stereocenters. The number of rotatable bonds is 6. The quantitative estimate of drug-likeness (QED) is 0.543. The first-order chi connectivity index (χ1) is 5.43. The van der Waals surface area contributed by atoms with Gasteiger partial charge >= 0.3 is 0 Å². The third kappa shape index (κ3) is 3.73. The van der Waals surface area contributed by atoms with Crippen LogP contribution in [0.3, 0.4) is 0 Å². The summed E-state index contributed by atoms with van der Waals surface area (Å²) in [5.74, 6) is 0. The van der Waals surface area contributed by atoms with Crippen molar-refractivity contribution in [1.82, 2.24) is 0 Å². The number of ether oxygens (including phenoxy) is 1. The summed E-state index contributed by atoms with van der Waals surface area (Å²) in [6.45, 7) is 0.939. The van der Waals surface area contributed by atoms with Crippen molar-refractivity contribution >= 4 is 0 Å². The van der Waals surface area contributed by atoms with Gasteiger partial charge in [0, 0.05) is 6.61 Å². The first-order valence-electron chi connectivity index (χ1n) is 4.63. The predicted octanol–water partition coefficient (Wildman–Crippen LogP) is 2.16. The normalized spacial score (nSPS) is 18.3. The van der Waals surface area contributed by atoms with E-state index < -0.39 is 0 Å². The molecule has 1 radical (unpaired) electrons. The highest BCUT2D eigenvalue weighted by Gasteiger charge is 2.16. The van der Waals surface area contributed by atoms with Crippen LogP contribution in [0.2, 0.25) is 0 Å². The van der Waals surface area contributed by atoms with Gasteiger partial charge in [-0.15, -0.1) is 0 Å². The van der Waals surface area contributed by atoms with Crippen LogP contribution < -0.4 is 0 Å². The second kappa shape index (κ2) is 5.56. The zero-order valence-corrected chi connectivity index (χ0v) is 7.05. The van der Waals surface area contributed by atoms with Crippen molar-refractivity contribution in [2.24, 2.45) is 0 Å². The molecule has 0 N–H and O–H groups in total. The van der Waals surface area contributed by atoms with Gasteiger partial charge in [0.25, 0.3) is 0 Å². The standard InChI is InChI=1S/C9H17O2/c10-7-2-1-3-8-11-9-5-4-6-9/h9H,1-8H2. The second-order valence-corrected chi connectivity index (χ2v) is 3.19. The lowest BCUT2D eigenvalue weighted by Gasteiger charge is -2.25. The van der Waals surface area contributed by atoms with Gasteiger partial charge in [0.1, 0.15) is 0 Å². The summed E-state index contributed by atoms with van der Waals surface area (Å²) in [7, 11) is 0. The number of unbranched alkanes of at least 4 members (excludes halogenated alkanes) is 2. The lowest BCUT2D eigenvalue weighted by molar-refractivity contribution is 0.000151. The third-order valence-electron chi connectivity index (χ3n) is 2.19. The Morgan fingerprint density at radius 1 is 1.18 bits per heavy atom. The molecule has 1 saturated carbocycles. The average Bonchev–Trinajstić information content (AvgIpc) is 1.93. The minimum atomic E-state index is 0.0728. The van der Waals surface area contributed by atoms with Gasteiger partial charge in [-0.3, -0.25) is 0 Å². The van der Waals surface area contributed by atoms with Crippen LogP contribution in [-0.2, 0) is 9.84 Å². The maximum absolute atomic E-state index is 10.1. The van der Waals surface area contributed by atoms with E-state index in [0.29, 0.717) is 6.10 Å². The van der Waals surface area contributed by atoms with Crippen molar-refractivity contribution in [3.05, 3.63) is 0 Å². The van der Waals surface area contributed by atoms with Crippen LogP contribution in [0.25, 0.3) is 0 Å². The van der Waals surface area contributed by atoms with Gasteiger partial charge in [0.05, 0.1) is 12.7 Å². The van der Waals surface area contributed by atoms with Gasteiger partial charge < -0.3 is 4.74 Å². The fourth-order valence-corrected chi connectivity index (χ4v) is 1.17. The molecule has 0 unspecified atom stereocenters. The van der Waals surface area contributed by atoms with Gasteiger partial charge in [-0.1, -0.05) is 0 Å². The van der Waals surface area contributed by atoms with E-state index >= 15 is 0 Å². The molecule has 2 heteroatoms. The van der Waals surface area contributed by atoms with Crippen LogP contribution in [0.15, 0.2) is 0 Å². The Kier molecular flexibility index (Phi) is 4.55. The molecule has 2 nitrogen and oxygen atoms in total. The highest BCUT2D eigenvalue weighted by atomic mass is 16.5. The first kappa shape index (κ1) is 9.01. The molecule has 1 aliphatic rings. The van der Waals surface area contributed by atoms with Crippen LogP contribution in [0.5, 0.6) is 0 Å². The molecular weight excluding hydrogens is 140 g/mol. The Balaban J connectivity index is 1.73. The highest BCUT2D eigenvalue weighted by Crippen LogP contribution is 2.21. The smallest absolute Gasteiger partial charge is 0.0822 e. The van der Waals surface area contributed by atoms with E-state index in [-0.39, 0.29) is 6.61 Å². The summed E-state index contributed by atoms with van der Waals surface area (Å²) < 4.78 is 5.52. The summed E-state index contributed by atoms with van der Waals surface area (Å²) in [5, 5.41) is 10.1. The molecule has 0 spiro atoms. The fraction of sp³-hybridized carbons (Fsp3) is 1.00. The molecule has 1 rings (SSSR count). The van der Waals surface area contributed by atoms with Gasteiger partial charge in [0.2, 0.25) is 0 Å². The van der Waals surface area contributed by atoms with E-state index in [2.05, 4.69) is 0 Å². The minimum absolute atomic E-state index is 0.0728. The predicted molar refractivity (Wildman–Crippen MR) is 43.0 cm³/mol. The summed E-state index contributed by atoms with van der Waals surface area (Å²) in [5.41, 5.74) is 0. The van der Waals surface area contributed by atoms with Crippen LogP contribution in [0.4, 0.5) is 0 Å². The summed E-state index contributed by atoms with van der Waals surface area (Å²) in [4.78, 5) is 0. The molecule has 0 aromatic carbocycles. The van der Waals surface area contributed by atoms with Crippen molar-refractivity contribution in [2.75, 3.05) is 13.2 Å². The Labute approximate surface area is 68.6 Å². The zero-order valence-electron chi connectivity index (χ0n) is 7.05. The van der Waals surface area contributed by atoms with E-state index in [1.165, 1.54) is 19.3 Å². The average molecular weight is 157 g/mol. The maximum atomic E-state index is 10.1. The second-order valence-electron chi connectivity index (χ2n) is 3.19.